The quantitative estimate of drug-likeness (QED) is 0.859. The van der Waals surface area contributed by atoms with Crippen LogP contribution >= 0.6 is 11.8 Å². The van der Waals surface area contributed by atoms with Gasteiger partial charge in [0.2, 0.25) is 0 Å². The monoisotopic (exact) mass is 301 g/mol. The molecule has 2 rings (SSSR count). The van der Waals surface area contributed by atoms with Gasteiger partial charge in [0.25, 0.3) is 0 Å². The fourth-order valence-corrected chi connectivity index (χ4v) is 2.26. The molecule has 1 N–H and O–H groups in total. The lowest BCUT2D eigenvalue weighted by atomic mass is 10.2. The molecule has 0 radical (unpaired) electrons. The van der Waals surface area contributed by atoms with E-state index < -0.39 is 5.51 Å². The van der Waals surface area contributed by atoms with Crippen molar-refractivity contribution in [3.63, 3.8) is 0 Å². The van der Waals surface area contributed by atoms with Crippen molar-refractivity contribution in [1.82, 2.24) is 15.1 Å². The molecule has 0 fully saturated rings. The van der Waals surface area contributed by atoms with E-state index in [2.05, 4.69) is 10.4 Å². The average Bonchev–Trinajstić information content (AvgIpc) is 2.75. The van der Waals surface area contributed by atoms with Crippen LogP contribution in [0.4, 0.5) is 13.2 Å². The Kier molecular flexibility index (Phi) is 4.72. The smallest absolute Gasteiger partial charge is 0.309 e. The zero-order valence-corrected chi connectivity index (χ0v) is 11.6. The maximum absolute atomic E-state index is 12.2. The third-order valence-electron chi connectivity index (χ3n) is 2.57. The molecule has 0 spiro atoms. The molecule has 1 heterocycles. The van der Waals surface area contributed by atoms with Crippen LogP contribution in [-0.2, 0) is 20.1 Å². The Morgan fingerprint density at radius 2 is 1.80 bits per heavy atom. The molecule has 1 aromatic carbocycles. The van der Waals surface area contributed by atoms with Crippen LogP contribution < -0.4 is 5.32 Å². The summed E-state index contributed by atoms with van der Waals surface area (Å²) in [6.07, 6.45) is 3.69. The molecule has 3 nitrogen and oxygen atoms in total. The molecule has 1 aromatic heterocycles. The lowest BCUT2D eigenvalue weighted by Crippen LogP contribution is -2.12. The number of aromatic nitrogens is 2. The van der Waals surface area contributed by atoms with Crippen LogP contribution in [0.3, 0.4) is 0 Å². The van der Waals surface area contributed by atoms with Crippen molar-refractivity contribution in [3.8, 4) is 0 Å². The molecule has 0 aliphatic heterocycles. The maximum atomic E-state index is 12.2. The minimum Gasteiger partial charge on any atom is -0.309 e. The summed E-state index contributed by atoms with van der Waals surface area (Å²) in [5, 5.41) is 7.27. The normalized spacial score (nSPS) is 11.8. The van der Waals surface area contributed by atoms with Crippen LogP contribution in [0.1, 0.15) is 11.1 Å². The summed E-state index contributed by atoms with van der Waals surface area (Å²) < 4.78 is 38.3. The van der Waals surface area contributed by atoms with Crippen molar-refractivity contribution in [2.75, 3.05) is 0 Å². The predicted molar refractivity (Wildman–Crippen MR) is 72.1 cm³/mol. The van der Waals surface area contributed by atoms with Crippen molar-refractivity contribution in [2.24, 2.45) is 7.05 Å². The average molecular weight is 301 g/mol. The highest BCUT2D eigenvalue weighted by molar-refractivity contribution is 8.00. The summed E-state index contributed by atoms with van der Waals surface area (Å²) in [7, 11) is 1.85. The molecule has 0 unspecified atom stereocenters. The Morgan fingerprint density at radius 1 is 1.15 bits per heavy atom. The molecule has 0 atom stereocenters. The number of nitrogens with zero attached hydrogens (tertiary/aromatic N) is 2. The van der Waals surface area contributed by atoms with Gasteiger partial charge >= 0.3 is 5.51 Å². The topological polar surface area (TPSA) is 29.9 Å². The van der Waals surface area contributed by atoms with E-state index in [-0.39, 0.29) is 16.7 Å². The van der Waals surface area contributed by atoms with Gasteiger partial charge < -0.3 is 5.32 Å². The third kappa shape index (κ3) is 4.90. The second kappa shape index (κ2) is 6.32. The molecule has 7 heteroatoms. The Morgan fingerprint density at radius 3 is 2.35 bits per heavy atom. The van der Waals surface area contributed by atoms with Crippen molar-refractivity contribution in [3.05, 3.63) is 47.8 Å². The van der Waals surface area contributed by atoms with Gasteiger partial charge in [-0.15, -0.1) is 0 Å². The van der Waals surface area contributed by atoms with Crippen molar-refractivity contribution < 1.29 is 13.2 Å². The molecule has 0 aliphatic rings. The second-order valence-corrected chi connectivity index (χ2v) is 5.46. The van der Waals surface area contributed by atoms with E-state index >= 15 is 0 Å². The van der Waals surface area contributed by atoms with E-state index in [0.29, 0.717) is 13.1 Å². The first kappa shape index (κ1) is 14.9. The number of hydrogen-bond donors (Lipinski definition) is 1. The first-order valence-corrected chi connectivity index (χ1v) is 6.77. The highest BCUT2D eigenvalue weighted by Crippen LogP contribution is 2.36. The number of thioether (sulfide) groups is 1. The van der Waals surface area contributed by atoms with E-state index in [1.807, 2.05) is 13.2 Å². The second-order valence-electron chi connectivity index (χ2n) is 4.32. The number of nitrogens with one attached hydrogen (secondary N) is 1. The number of halogens is 3. The molecule has 2 aromatic rings. The Bertz CT molecular complexity index is 549. The van der Waals surface area contributed by atoms with Gasteiger partial charge in [-0.05, 0) is 29.5 Å². The van der Waals surface area contributed by atoms with Crippen LogP contribution in [0.25, 0.3) is 0 Å². The third-order valence-corrected chi connectivity index (χ3v) is 3.31. The van der Waals surface area contributed by atoms with Gasteiger partial charge in [0.15, 0.2) is 0 Å². The summed E-state index contributed by atoms with van der Waals surface area (Å²) in [6.45, 7) is 1.28. The predicted octanol–water partition coefficient (Wildman–Crippen LogP) is 3.32. The Balaban J connectivity index is 1.82. The summed E-state index contributed by atoms with van der Waals surface area (Å²) in [5.74, 6) is 0. The lowest BCUT2D eigenvalue weighted by Gasteiger charge is -2.07. The molecule has 0 bridgehead atoms. The summed E-state index contributed by atoms with van der Waals surface area (Å²) in [4.78, 5) is 0.202. The summed E-state index contributed by atoms with van der Waals surface area (Å²) in [6, 6.07) is 6.37. The van der Waals surface area contributed by atoms with Gasteiger partial charge in [-0.2, -0.15) is 18.3 Å². The molecular weight excluding hydrogens is 287 g/mol. The number of hydrogen-bond acceptors (Lipinski definition) is 3. The lowest BCUT2D eigenvalue weighted by molar-refractivity contribution is -0.0328. The van der Waals surface area contributed by atoms with E-state index in [4.69, 9.17) is 0 Å². The molecule has 20 heavy (non-hydrogen) atoms. The first-order chi connectivity index (χ1) is 9.42. The number of aryl methyl sites for hydroxylation is 1. The minimum absolute atomic E-state index is 0.0985. The van der Waals surface area contributed by atoms with Gasteiger partial charge in [-0.25, -0.2) is 0 Å². The van der Waals surface area contributed by atoms with E-state index in [1.54, 1.807) is 23.0 Å². The SMILES string of the molecule is Cn1cc(CNCc2ccc(SC(F)(F)F)cc2)cn1. The maximum Gasteiger partial charge on any atom is 0.446 e. The van der Waals surface area contributed by atoms with E-state index in [9.17, 15) is 13.2 Å². The highest BCUT2D eigenvalue weighted by Gasteiger charge is 2.28. The van der Waals surface area contributed by atoms with E-state index in [1.165, 1.54) is 12.1 Å². The molecular formula is C13H14F3N3S. The van der Waals surface area contributed by atoms with Crippen molar-refractivity contribution >= 4 is 11.8 Å². The Labute approximate surface area is 119 Å². The molecule has 0 saturated heterocycles. The summed E-state index contributed by atoms with van der Waals surface area (Å²) >= 11 is -0.0985. The number of benzene rings is 1. The Hall–Kier alpha value is -1.47. The van der Waals surface area contributed by atoms with Gasteiger partial charge in [-0.1, -0.05) is 12.1 Å². The minimum atomic E-state index is -4.24. The molecule has 108 valence electrons. The largest absolute Gasteiger partial charge is 0.446 e. The van der Waals surface area contributed by atoms with Crippen LogP contribution in [0, 0.1) is 0 Å². The fourth-order valence-electron chi connectivity index (χ4n) is 1.72. The summed E-state index contributed by atoms with van der Waals surface area (Å²) in [5.41, 5.74) is -2.22. The van der Waals surface area contributed by atoms with Crippen LogP contribution in [0.2, 0.25) is 0 Å². The van der Waals surface area contributed by atoms with Gasteiger partial charge in [-0.3, -0.25) is 4.68 Å². The molecule has 0 saturated carbocycles. The van der Waals surface area contributed by atoms with Crippen molar-refractivity contribution in [2.45, 2.75) is 23.5 Å². The zero-order chi connectivity index (χ0) is 14.6. The number of rotatable bonds is 5. The van der Waals surface area contributed by atoms with Gasteiger partial charge in [0.05, 0.1) is 6.20 Å². The van der Waals surface area contributed by atoms with Crippen LogP contribution in [-0.4, -0.2) is 15.3 Å². The zero-order valence-electron chi connectivity index (χ0n) is 10.8. The van der Waals surface area contributed by atoms with Gasteiger partial charge in [0.1, 0.15) is 0 Å². The fraction of sp³-hybridized carbons (Fsp3) is 0.308. The standard InChI is InChI=1S/C13H14F3N3S/c1-19-9-11(8-18-19)7-17-6-10-2-4-12(5-3-10)20-13(14,15)16/h2-5,8-9,17H,6-7H2,1H3. The van der Waals surface area contributed by atoms with Gasteiger partial charge in [0, 0.05) is 36.8 Å². The molecule has 0 aliphatic carbocycles. The first-order valence-electron chi connectivity index (χ1n) is 5.95. The highest BCUT2D eigenvalue weighted by atomic mass is 32.2. The van der Waals surface area contributed by atoms with Crippen molar-refractivity contribution in [1.29, 1.82) is 0 Å². The molecule has 0 amide bonds. The van der Waals surface area contributed by atoms with Crippen LogP contribution in [0.15, 0.2) is 41.6 Å². The number of alkyl halides is 3. The van der Waals surface area contributed by atoms with Crippen LogP contribution in [0.5, 0.6) is 0 Å². The van der Waals surface area contributed by atoms with E-state index in [0.717, 1.165) is 11.1 Å².